The zero-order chi connectivity index (χ0) is 19.1. The van der Waals surface area contributed by atoms with Crippen LogP contribution in [-0.4, -0.2) is 28.3 Å². The van der Waals surface area contributed by atoms with Gasteiger partial charge in [-0.05, 0) is 71.0 Å². The van der Waals surface area contributed by atoms with Crippen LogP contribution in [0.2, 0.25) is 0 Å². The van der Waals surface area contributed by atoms with Crippen LogP contribution in [0, 0.1) is 10.5 Å². The Labute approximate surface area is 163 Å². The van der Waals surface area contributed by atoms with Gasteiger partial charge < -0.3 is 5.11 Å². The van der Waals surface area contributed by atoms with Crippen LogP contribution in [0.25, 0.3) is 6.08 Å². The molecular weight excluding hydrogens is 449 g/mol. The Bertz CT molecular complexity index is 894. The van der Waals surface area contributed by atoms with Crippen molar-refractivity contribution in [3.05, 3.63) is 68.3 Å². The summed E-state index contributed by atoms with van der Waals surface area (Å²) in [5.41, 5.74) is 6.05. The van der Waals surface area contributed by atoms with Crippen molar-refractivity contribution in [1.82, 2.24) is 10.9 Å². The highest BCUT2D eigenvalue weighted by atomic mass is 127. The van der Waals surface area contributed by atoms with Gasteiger partial charge in [-0.1, -0.05) is 12.1 Å². The van der Waals surface area contributed by atoms with E-state index in [1.54, 1.807) is 37.3 Å². The molecule has 2 rings (SSSR count). The lowest BCUT2D eigenvalue weighted by molar-refractivity contribution is -0.124. The fourth-order valence-corrected chi connectivity index (χ4v) is 2.88. The largest absolute Gasteiger partial charge is 0.507 e. The molecule has 0 heterocycles. The van der Waals surface area contributed by atoms with Gasteiger partial charge in [0.15, 0.2) is 0 Å². The number of aromatic hydroxyl groups is 1. The van der Waals surface area contributed by atoms with Gasteiger partial charge >= 0.3 is 0 Å². The summed E-state index contributed by atoms with van der Waals surface area (Å²) in [6.07, 6.45) is 3.97. The maximum Gasteiger partial charge on any atom is 0.271 e. The average Bonchev–Trinajstić information content (AvgIpc) is 2.63. The minimum Gasteiger partial charge on any atom is -0.507 e. The van der Waals surface area contributed by atoms with E-state index in [2.05, 4.69) is 33.1 Å². The summed E-state index contributed by atoms with van der Waals surface area (Å²) in [6, 6.07) is 10.1. The monoisotopic (exact) mass is 465 g/mol. The average molecular weight is 465 g/mol. The molecule has 0 fully saturated rings. The Morgan fingerprint density at radius 2 is 2.00 bits per heavy atom. The van der Waals surface area contributed by atoms with Gasteiger partial charge in [0.05, 0.1) is 6.21 Å². The van der Waals surface area contributed by atoms with Gasteiger partial charge in [0, 0.05) is 20.8 Å². The lowest BCUT2D eigenvalue weighted by Crippen LogP contribution is -2.17. The van der Waals surface area contributed by atoms with Crippen molar-refractivity contribution in [2.45, 2.75) is 6.92 Å². The molecule has 0 bridgehead atoms. The summed E-state index contributed by atoms with van der Waals surface area (Å²) in [5.74, 6) is -1.00. The molecule has 0 saturated heterocycles. The number of amides is 2. The van der Waals surface area contributed by atoms with Crippen molar-refractivity contribution in [2.75, 3.05) is 0 Å². The van der Waals surface area contributed by atoms with E-state index in [1.165, 1.54) is 17.8 Å². The van der Waals surface area contributed by atoms with Crippen LogP contribution in [0.3, 0.4) is 0 Å². The second kappa shape index (κ2) is 9.11. The lowest BCUT2D eigenvalue weighted by Gasteiger charge is -2.04. The van der Waals surface area contributed by atoms with Gasteiger partial charge in [-0.2, -0.15) is 5.10 Å². The molecule has 0 aromatic heterocycles. The summed E-state index contributed by atoms with van der Waals surface area (Å²) < 4.78 is 0.942. The molecule has 134 valence electrons. The number of hydroxylamine groups is 1. The van der Waals surface area contributed by atoms with Crippen LogP contribution < -0.4 is 10.9 Å². The van der Waals surface area contributed by atoms with Crippen molar-refractivity contribution in [3.8, 4) is 5.75 Å². The van der Waals surface area contributed by atoms with Crippen LogP contribution in [0.15, 0.2) is 47.6 Å². The Kier molecular flexibility index (Phi) is 6.87. The molecule has 8 heteroatoms. The number of rotatable bonds is 5. The van der Waals surface area contributed by atoms with Gasteiger partial charge in [-0.15, -0.1) is 0 Å². The smallest absolute Gasteiger partial charge is 0.271 e. The molecule has 26 heavy (non-hydrogen) atoms. The Morgan fingerprint density at radius 1 is 1.23 bits per heavy atom. The van der Waals surface area contributed by atoms with Crippen LogP contribution >= 0.6 is 22.6 Å². The topological polar surface area (TPSA) is 111 Å². The number of aryl methyl sites for hydroxylation is 1. The number of hydrogen-bond donors (Lipinski definition) is 4. The third-order valence-electron chi connectivity index (χ3n) is 3.35. The zero-order valence-electron chi connectivity index (χ0n) is 13.7. The van der Waals surface area contributed by atoms with Gasteiger partial charge in [0.25, 0.3) is 11.8 Å². The van der Waals surface area contributed by atoms with Gasteiger partial charge in [-0.25, -0.2) is 10.9 Å². The SMILES string of the molecule is Cc1cc(I)cc(/C=N/NC(=O)c2cccc(/C=C/C(=O)NO)c2)c1O. The molecule has 7 nitrogen and oxygen atoms in total. The van der Waals surface area contributed by atoms with Crippen molar-refractivity contribution in [1.29, 1.82) is 0 Å². The lowest BCUT2D eigenvalue weighted by atomic mass is 10.1. The summed E-state index contributed by atoms with van der Waals surface area (Å²) >= 11 is 2.13. The second-order valence-electron chi connectivity index (χ2n) is 5.29. The van der Waals surface area contributed by atoms with E-state index in [-0.39, 0.29) is 5.75 Å². The first-order valence-corrected chi connectivity index (χ1v) is 8.53. The number of hydrogen-bond acceptors (Lipinski definition) is 5. The molecule has 2 aromatic carbocycles. The van der Waals surface area contributed by atoms with Crippen LogP contribution in [-0.2, 0) is 4.79 Å². The molecule has 0 saturated carbocycles. The van der Waals surface area contributed by atoms with E-state index in [9.17, 15) is 14.7 Å². The van der Waals surface area contributed by atoms with Crippen molar-refractivity contribution in [3.63, 3.8) is 0 Å². The van der Waals surface area contributed by atoms with Crippen molar-refractivity contribution >= 4 is 46.7 Å². The first-order valence-electron chi connectivity index (χ1n) is 7.45. The van der Waals surface area contributed by atoms with Crippen molar-refractivity contribution in [2.24, 2.45) is 5.10 Å². The number of phenolic OH excluding ortho intramolecular Hbond substituents is 1. The predicted molar refractivity (Wildman–Crippen MR) is 106 cm³/mol. The Morgan fingerprint density at radius 3 is 2.73 bits per heavy atom. The molecule has 2 aromatic rings. The summed E-state index contributed by atoms with van der Waals surface area (Å²) in [6.45, 7) is 1.78. The van der Waals surface area contributed by atoms with E-state index in [0.29, 0.717) is 16.7 Å². The van der Waals surface area contributed by atoms with Crippen LogP contribution in [0.4, 0.5) is 0 Å². The number of carbonyl (C=O) groups excluding carboxylic acids is 2. The van der Waals surface area contributed by atoms with Gasteiger partial charge in [0.1, 0.15) is 5.75 Å². The van der Waals surface area contributed by atoms with Crippen molar-refractivity contribution < 1.29 is 19.9 Å². The minimum atomic E-state index is -0.669. The molecule has 0 atom stereocenters. The van der Waals surface area contributed by atoms with E-state index in [4.69, 9.17) is 5.21 Å². The fraction of sp³-hybridized carbons (Fsp3) is 0.0556. The second-order valence-corrected chi connectivity index (χ2v) is 6.54. The van der Waals surface area contributed by atoms with Crippen LogP contribution in [0.1, 0.15) is 27.0 Å². The van der Waals surface area contributed by atoms with E-state index >= 15 is 0 Å². The number of halogens is 1. The number of carbonyl (C=O) groups is 2. The quantitative estimate of drug-likeness (QED) is 0.179. The van der Waals surface area contributed by atoms with Gasteiger partial charge in [0.2, 0.25) is 0 Å². The molecule has 0 unspecified atom stereocenters. The standard InChI is InChI=1S/C18H16IN3O4/c1-11-7-15(19)9-14(17(11)24)10-20-21-18(25)13-4-2-3-12(8-13)5-6-16(23)22-26/h2-10,24,26H,1H3,(H,21,25)(H,22,23)/b6-5+,20-10+. The highest BCUT2D eigenvalue weighted by molar-refractivity contribution is 14.1. The fourth-order valence-electron chi connectivity index (χ4n) is 2.08. The van der Waals surface area contributed by atoms with E-state index in [0.717, 1.165) is 15.2 Å². The maximum atomic E-state index is 12.2. The predicted octanol–water partition coefficient (Wildman–Crippen LogP) is 2.59. The number of nitrogens with one attached hydrogen (secondary N) is 2. The highest BCUT2D eigenvalue weighted by Gasteiger charge is 2.06. The maximum absolute atomic E-state index is 12.2. The first kappa shape index (κ1) is 19.6. The number of hydrazone groups is 1. The zero-order valence-corrected chi connectivity index (χ0v) is 15.9. The molecule has 0 radical (unpaired) electrons. The Hall–Kier alpha value is -2.72. The molecule has 4 N–H and O–H groups in total. The van der Waals surface area contributed by atoms with Gasteiger partial charge in [-0.3, -0.25) is 14.8 Å². The third kappa shape index (κ3) is 5.39. The number of nitrogens with zero attached hydrogens (tertiary/aromatic N) is 1. The Balaban J connectivity index is 2.09. The molecule has 2 amide bonds. The van der Waals surface area contributed by atoms with E-state index < -0.39 is 11.8 Å². The molecular formula is C18H16IN3O4. The molecule has 0 spiro atoms. The normalized spacial score (nSPS) is 11.0. The number of phenols is 1. The third-order valence-corrected chi connectivity index (χ3v) is 3.97. The molecule has 0 aliphatic heterocycles. The molecule has 0 aliphatic rings. The summed E-state index contributed by atoms with van der Waals surface area (Å²) in [5, 5.41) is 22.3. The molecule has 0 aliphatic carbocycles. The first-order chi connectivity index (χ1) is 12.4. The number of benzene rings is 2. The van der Waals surface area contributed by atoms with Crippen LogP contribution in [0.5, 0.6) is 5.75 Å². The summed E-state index contributed by atoms with van der Waals surface area (Å²) in [7, 11) is 0. The minimum absolute atomic E-state index is 0.109. The van der Waals surface area contributed by atoms with E-state index in [1.807, 2.05) is 6.07 Å². The summed E-state index contributed by atoms with van der Waals surface area (Å²) in [4.78, 5) is 23.2. The highest BCUT2D eigenvalue weighted by Crippen LogP contribution is 2.23.